The van der Waals surface area contributed by atoms with Crippen LogP contribution in [0.15, 0.2) is 0 Å². The Labute approximate surface area is 61.2 Å². The van der Waals surface area contributed by atoms with Crippen molar-refractivity contribution in [1.82, 2.24) is 4.90 Å². The summed E-state index contributed by atoms with van der Waals surface area (Å²) in [4.78, 5) is 1.81. The van der Waals surface area contributed by atoms with Crippen molar-refractivity contribution in [3.63, 3.8) is 0 Å². The van der Waals surface area contributed by atoms with Crippen LogP contribution >= 0.6 is 0 Å². The molecule has 0 bridgehead atoms. The molecule has 10 heavy (non-hydrogen) atoms. The number of likely N-dealkylation sites (tertiary alicyclic amines) is 1. The molecular weight excluding hydrogens is 129 g/mol. The quantitative estimate of drug-likeness (QED) is 0.459. The van der Waals surface area contributed by atoms with Crippen molar-refractivity contribution in [2.75, 3.05) is 13.1 Å². The Hall–Kier alpha value is -0.710. The molecule has 1 heterocycles. The summed E-state index contributed by atoms with van der Waals surface area (Å²) in [6.45, 7) is 5.05. The first-order valence-corrected chi connectivity index (χ1v) is 3.58. The molecule has 0 unspecified atom stereocenters. The fraction of sp³-hybridized carbons (Fsp3) is 0.750. The zero-order valence-corrected chi connectivity index (χ0v) is 6.39. The number of halogens is 1. The number of hydrogen-bond acceptors (Lipinski definition) is 1. The van der Waals surface area contributed by atoms with Crippen LogP contribution in [0.3, 0.4) is 0 Å². The molecule has 0 saturated carbocycles. The van der Waals surface area contributed by atoms with Crippen LogP contribution in [0.2, 0.25) is 0 Å². The fourth-order valence-electron chi connectivity index (χ4n) is 0.736. The summed E-state index contributed by atoms with van der Waals surface area (Å²) in [6.07, 6.45) is -0.638. The van der Waals surface area contributed by atoms with Crippen molar-refractivity contribution >= 4 is 0 Å². The lowest BCUT2D eigenvalue weighted by Crippen LogP contribution is -2.44. The molecule has 56 valence electrons. The largest absolute Gasteiger partial charge is 0.327 e. The molecule has 0 amide bonds. The number of nitrogens with zero attached hydrogens (tertiary/aromatic N) is 1. The number of rotatable bonds is 0. The summed E-state index contributed by atoms with van der Waals surface area (Å²) in [5.41, 5.74) is 0. The standard InChI is InChI=1S/C8H12FN/c1-7(2)3-4-10-5-8(9)6-10/h7-8H,5-6H2,1-2H3. The van der Waals surface area contributed by atoms with Gasteiger partial charge < -0.3 is 4.90 Å². The van der Waals surface area contributed by atoms with Gasteiger partial charge in [-0.15, -0.1) is 0 Å². The fourth-order valence-corrected chi connectivity index (χ4v) is 0.736. The van der Waals surface area contributed by atoms with E-state index < -0.39 is 6.17 Å². The van der Waals surface area contributed by atoms with Gasteiger partial charge in [-0.05, 0) is 0 Å². The molecule has 1 aliphatic heterocycles. The third-order valence-electron chi connectivity index (χ3n) is 1.35. The van der Waals surface area contributed by atoms with E-state index in [1.54, 1.807) is 0 Å². The average molecular weight is 141 g/mol. The Balaban J connectivity index is 2.23. The minimum atomic E-state index is -0.638. The maximum Gasteiger partial charge on any atom is 0.136 e. The Bertz CT molecular complexity index is 160. The van der Waals surface area contributed by atoms with Crippen molar-refractivity contribution in [1.29, 1.82) is 0 Å². The van der Waals surface area contributed by atoms with Crippen LogP contribution in [0.5, 0.6) is 0 Å². The molecule has 0 aromatic rings. The molecule has 1 rings (SSSR count). The highest BCUT2D eigenvalue weighted by Crippen LogP contribution is 2.08. The number of hydrogen-bond donors (Lipinski definition) is 0. The highest BCUT2D eigenvalue weighted by Gasteiger charge is 2.23. The summed E-state index contributed by atoms with van der Waals surface area (Å²) in [6, 6.07) is 2.89. The lowest BCUT2D eigenvalue weighted by atomic mass is 10.2. The monoisotopic (exact) mass is 141 g/mol. The summed E-state index contributed by atoms with van der Waals surface area (Å²) in [5.74, 6) is 3.36. The lowest BCUT2D eigenvalue weighted by Gasteiger charge is -2.30. The SMILES string of the molecule is CC(C)C#CN1CC(F)C1. The van der Waals surface area contributed by atoms with E-state index in [0.29, 0.717) is 19.0 Å². The van der Waals surface area contributed by atoms with Gasteiger partial charge in [0.15, 0.2) is 0 Å². The van der Waals surface area contributed by atoms with Crippen LogP contribution in [0.25, 0.3) is 0 Å². The summed E-state index contributed by atoms with van der Waals surface area (Å²) >= 11 is 0. The van der Waals surface area contributed by atoms with Gasteiger partial charge in [0, 0.05) is 12.0 Å². The molecule has 1 aliphatic rings. The van der Waals surface area contributed by atoms with Crippen LogP contribution < -0.4 is 0 Å². The second kappa shape index (κ2) is 2.92. The third kappa shape index (κ3) is 1.91. The van der Waals surface area contributed by atoms with Gasteiger partial charge in [-0.25, -0.2) is 4.39 Å². The van der Waals surface area contributed by atoms with Crippen LogP contribution in [0.4, 0.5) is 4.39 Å². The second-order valence-electron chi connectivity index (χ2n) is 2.91. The van der Waals surface area contributed by atoms with Crippen LogP contribution in [0, 0.1) is 17.9 Å². The van der Waals surface area contributed by atoms with Gasteiger partial charge >= 0.3 is 0 Å². The van der Waals surface area contributed by atoms with Gasteiger partial charge in [0.05, 0.1) is 13.1 Å². The Kier molecular flexibility index (Phi) is 2.16. The molecule has 0 aromatic carbocycles. The van der Waals surface area contributed by atoms with Crippen molar-refractivity contribution < 1.29 is 4.39 Å². The van der Waals surface area contributed by atoms with Crippen LogP contribution in [-0.2, 0) is 0 Å². The summed E-state index contributed by atoms with van der Waals surface area (Å²) in [5, 5.41) is 0. The predicted molar refractivity (Wildman–Crippen MR) is 39.1 cm³/mol. The molecule has 0 radical (unpaired) electrons. The van der Waals surface area contributed by atoms with Crippen molar-refractivity contribution in [2.45, 2.75) is 20.0 Å². The maximum absolute atomic E-state index is 12.2. The van der Waals surface area contributed by atoms with Crippen molar-refractivity contribution in [3.8, 4) is 12.0 Å². The molecule has 1 saturated heterocycles. The molecule has 0 atom stereocenters. The van der Waals surface area contributed by atoms with Gasteiger partial charge in [-0.2, -0.15) is 0 Å². The Morgan fingerprint density at radius 2 is 2.10 bits per heavy atom. The van der Waals surface area contributed by atoms with Gasteiger partial charge in [0.2, 0.25) is 0 Å². The third-order valence-corrected chi connectivity index (χ3v) is 1.35. The lowest BCUT2D eigenvalue weighted by molar-refractivity contribution is 0.121. The van der Waals surface area contributed by atoms with E-state index in [1.165, 1.54) is 0 Å². The first kappa shape index (κ1) is 7.40. The first-order chi connectivity index (χ1) is 4.68. The highest BCUT2D eigenvalue weighted by atomic mass is 19.1. The summed E-state index contributed by atoms with van der Waals surface area (Å²) in [7, 11) is 0. The molecule has 0 spiro atoms. The second-order valence-corrected chi connectivity index (χ2v) is 2.91. The highest BCUT2D eigenvalue weighted by molar-refractivity contribution is 5.04. The topological polar surface area (TPSA) is 3.24 Å². The molecular formula is C8H12FN. The van der Waals surface area contributed by atoms with Crippen LogP contribution in [0.1, 0.15) is 13.8 Å². The van der Waals surface area contributed by atoms with E-state index in [0.717, 1.165) is 0 Å². The van der Waals surface area contributed by atoms with Gasteiger partial charge in [0.1, 0.15) is 6.17 Å². The summed E-state index contributed by atoms with van der Waals surface area (Å²) < 4.78 is 12.2. The normalized spacial score (nSPS) is 18.2. The molecule has 1 fully saturated rings. The number of alkyl halides is 1. The van der Waals surface area contributed by atoms with E-state index in [2.05, 4.69) is 12.0 Å². The average Bonchev–Trinajstić information content (AvgIpc) is 1.77. The zero-order chi connectivity index (χ0) is 7.56. The minimum absolute atomic E-state index is 0.388. The molecule has 2 heteroatoms. The predicted octanol–water partition coefficient (Wildman–Crippen LogP) is 1.26. The van der Waals surface area contributed by atoms with E-state index in [4.69, 9.17) is 0 Å². The van der Waals surface area contributed by atoms with E-state index in [-0.39, 0.29) is 0 Å². The van der Waals surface area contributed by atoms with E-state index in [1.807, 2.05) is 18.7 Å². The molecule has 0 N–H and O–H groups in total. The maximum atomic E-state index is 12.2. The smallest absolute Gasteiger partial charge is 0.136 e. The van der Waals surface area contributed by atoms with Gasteiger partial charge in [-0.3, -0.25) is 0 Å². The molecule has 0 aliphatic carbocycles. The Morgan fingerprint density at radius 3 is 2.50 bits per heavy atom. The van der Waals surface area contributed by atoms with E-state index in [9.17, 15) is 4.39 Å². The Morgan fingerprint density at radius 1 is 1.50 bits per heavy atom. The first-order valence-electron chi connectivity index (χ1n) is 3.58. The molecule has 0 aromatic heterocycles. The van der Waals surface area contributed by atoms with Gasteiger partial charge in [-0.1, -0.05) is 19.8 Å². The van der Waals surface area contributed by atoms with Gasteiger partial charge in [0.25, 0.3) is 0 Å². The van der Waals surface area contributed by atoms with Crippen molar-refractivity contribution in [2.24, 2.45) is 5.92 Å². The van der Waals surface area contributed by atoms with E-state index >= 15 is 0 Å². The zero-order valence-electron chi connectivity index (χ0n) is 6.39. The van der Waals surface area contributed by atoms with Crippen LogP contribution in [-0.4, -0.2) is 24.2 Å². The van der Waals surface area contributed by atoms with Crippen molar-refractivity contribution in [3.05, 3.63) is 0 Å². The minimum Gasteiger partial charge on any atom is -0.327 e. The molecule has 1 nitrogen and oxygen atoms in total.